The summed E-state index contributed by atoms with van der Waals surface area (Å²) in [6.07, 6.45) is 5.74. The summed E-state index contributed by atoms with van der Waals surface area (Å²) in [5, 5.41) is 0. The molecule has 1 atom stereocenters. The van der Waals surface area contributed by atoms with E-state index in [9.17, 15) is 0 Å². The first-order chi connectivity index (χ1) is 12.1. The lowest BCUT2D eigenvalue weighted by Crippen LogP contribution is -2.62. The standard InChI is InChI=1S/C20H25N3O2/c1-19(2)13-23(14-20(25-19)9-6-10-24-15-20)18-12-21-11-17(22-18)16-7-4-3-5-8-16/h3-5,7-8,11-12H,6,9-10,13-15H2,1-2H3. The zero-order valence-corrected chi connectivity index (χ0v) is 14.9. The van der Waals surface area contributed by atoms with Gasteiger partial charge in [-0.25, -0.2) is 4.98 Å². The molecule has 3 heterocycles. The van der Waals surface area contributed by atoms with E-state index >= 15 is 0 Å². The Morgan fingerprint density at radius 2 is 1.92 bits per heavy atom. The summed E-state index contributed by atoms with van der Waals surface area (Å²) in [5.41, 5.74) is 1.49. The number of aromatic nitrogens is 2. The molecule has 1 spiro atoms. The van der Waals surface area contributed by atoms with Crippen molar-refractivity contribution in [3.63, 3.8) is 0 Å². The van der Waals surface area contributed by atoms with Gasteiger partial charge in [0, 0.05) is 18.7 Å². The Kier molecular flexibility index (Phi) is 4.21. The van der Waals surface area contributed by atoms with Crippen LogP contribution in [0.2, 0.25) is 0 Å². The van der Waals surface area contributed by atoms with Crippen molar-refractivity contribution in [2.45, 2.75) is 37.9 Å². The van der Waals surface area contributed by atoms with Crippen LogP contribution in [0.3, 0.4) is 0 Å². The molecule has 1 aromatic heterocycles. The molecule has 132 valence electrons. The largest absolute Gasteiger partial charge is 0.378 e. The smallest absolute Gasteiger partial charge is 0.148 e. The Hall–Kier alpha value is -1.98. The van der Waals surface area contributed by atoms with Crippen molar-refractivity contribution in [2.75, 3.05) is 31.2 Å². The molecule has 2 aliphatic rings. The Balaban J connectivity index is 1.64. The van der Waals surface area contributed by atoms with Gasteiger partial charge in [-0.3, -0.25) is 4.98 Å². The molecule has 5 heteroatoms. The Labute approximate surface area is 149 Å². The van der Waals surface area contributed by atoms with Gasteiger partial charge in [0.15, 0.2) is 0 Å². The van der Waals surface area contributed by atoms with Crippen LogP contribution in [0.1, 0.15) is 26.7 Å². The lowest BCUT2D eigenvalue weighted by Gasteiger charge is -2.51. The van der Waals surface area contributed by atoms with E-state index in [1.165, 1.54) is 0 Å². The van der Waals surface area contributed by atoms with E-state index in [0.717, 1.165) is 49.6 Å². The van der Waals surface area contributed by atoms with Crippen LogP contribution in [0.15, 0.2) is 42.7 Å². The number of nitrogens with zero attached hydrogens (tertiary/aromatic N) is 3. The second kappa shape index (κ2) is 6.39. The molecule has 25 heavy (non-hydrogen) atoms. The number of hydrogen-bond donors (Lipinski definition) is 0. The van der Waals surface area contributed by atoms with E-state index < -0.39 is 0 Å². The molecule has 0 radical (unpaired) electrons. The fourth-order valence-electron chi connectivity index (χ4n) is 3.96. The van der Waals surface area contributed by atoms with Gasteiger partial charge in [0.2, 0.25) is 0 Å². The highest BCUT2D eigenvalue weighted by Gasteiger charge is 2.46. The normalized spacial score (nSPS) is 25.9. The molecule has 0 saturated carbocycles. The minimum absolute atomic E-state index is 0.246. The van der Waals surface area contributed by atoms with Crippen molar-refractivity contribution < 1.29 is 9.47 Å². The summed E-state index contributed by atoms with van der Waals surface area (Å²) >= 11 is 0. The van der Waals surface area contributed by atoms with E-state index in [-0.39, 0.29) is 11.2 Å². The third kappa shape index (κ3) is 3.53. The lowest BCUT2D eigenvalue weighted by molar-refractivity contribution is -0.197. The van der Waals surface area contributed by atoms with Crippen molar-refractivity contribution in [3.8, 4) is 11.3 Å². The second-order valence-electron chi connectivity index (χ2n) is 7.69. The Bertz CT molecular complexity index is 727. The number of ether oxygens (including phenoxy) is 2. The summed E-state index contributed by atoms with van der Waals surface area (Å²) in [7, 11) is 0. The van der Waals surface area contributed by atoms with Crippen LogP contribution >= 0.6 is 0 Å². The summed E-state index contributed by atoms with van der Waals surface area (Å²) in [6, 6.07) is 10.2. The van der Waals surface area contributed by atoms with E-state index in [4.69, 9.17) is 14.5 Å². The van der Waals surface area contributed by atoms with Gasteiger partial charge in [0.05, 0.1) is 36.8 Å². The van der Waals surface area contributed by atoms with Crippen molar-refractivity contribution in [2.24, 2.45) is 0 Å². The highest BCUT2D eigenvalue weighted by Crippen LogP contribution is 2.36. The van der Waals surface area contributed by atoms with Gasteiger partial charge in [0.1, 0.15) is 11.4 Å². The summed E-state index contributed by atoms with van der Waals surface area (Å²) in [4.78, 5) is 11.6. The average molecular weight is 339 g/mol. The molecule has 0 N–H and O–H groups in total. The quantitative estimate of drug-likeness (QED) is 0.840. The fraction of sp³-hybridized carbons (Fsp3) is 0.500. The summed E-state index contributed by atoms with van der Waals surface area (Å²) in [5.74, 6) is 0.905. The first-order valence-corrected chi connectivity index (χ1v) is 8.96. The van der Waals surface area contributed by atoms with E-state index in [0.29, 0.717) is 6.61 Å². The average Bonchev–Trinajstić information content (AvgIpc) is 2.62. The number of hydrogen-bond acceptors (Lipinski definition) is 5. The monoisotopic (exact) mass is 339 g/mol. The maximum atomic E-state index is 6.45. The number of anilines is 1. The van der Waals surface area contributed by atoms with Crippen LogP contribution < -0.4 is 4.90 Å². The van der Waals surface area contributed by atoms with Crippen molar-refractivity contribution in [3.05, 3.63) is 42.7 Å². The first kappa shape index (κ1) is 16.5. The molecule has 2 fully saturated rings. The van der Waals surface area contributed by atoms with Crippen LogP contribution in [-0.4, -0.2) is 47.5 Å². The Morgan fingerprint density at radius 1 is 1.08 bits per heavy atom. The van der Waals surface area contributed by atoms with E-state index in [2.05, 4.69) is 35.9 Å². The molecule has 1 unspecified atom stereocenters. The van der Waals surface area contributed by atoms with Crippen LogP contribution in [0.4, 0.5) is 5.82 Å². The molecular formula is C20H25N3O2. The van der Waals surface area contributed by atoms with Gasteiger partial charge >= 0.3 is 0 Å². The maximum absolute atomic E-state index is 6.45. The summed E-state index contributed by atoms with van der Waals surface area (Å²) in [6.45, 7) is 7.35. The molecule has 2 saturated heterocycles. The highest BCUT2D eigenvalue weighted by atomic mass is 16.6. The molecule has 4 rings (SSSR count). The molecule has 5 nitrogen and oxygen atoms in total. The zero-order chi connectivity index (χ0) is 17.3. The SMILES string of the molecule is CC1(C)CN(c2cncc(-c3ccccc3)n2)CC2(CCCOC2)O1. The third-order valence-corrected chi connectivity index (χ3v) is 4.85. The molecule has 1 aromatic carbocycles. The lowest BCUT2D eigenvalue weighted by atomic mass is 9.90. The summed E-state index contributed by atoms with van der Waals surface area (Å²) < 4.78 is 12.2. The Morgan fingerprint density at radius 3 is 2.68 bits per heavy atom. The molecule has 0 amide bonds. The number of benzene rings is 1. The first-order valence-electron chi connectivity index (χ1n) is 8.96. The predicted molar refractivity (Wildman–Crippen MR) is 97.6 cm³/mol. The van der Waals surface area contributed by atoms with Crippen LogP contribution in [0.25, 0.3) is 11.3 Å². The van der Waals surface area contributed by atoms with Crippen LogP contribution in [-0.2, 0) is 9.47 Å². The van der Waals surface area contributed by atoms with Gasteiger partial charge < -0.3 is 14.4 Å². The predicted octanol–water partition coefficient (Wildman–Crippen LogP) is 3.31. The van der Waals surface area contributed by atoms with Crippen LogP contribution in [0, 0.1) is 0 Å². The van der Waals surface area contributed by atoms with Crippen LogP contribution in [0.5, 0.6) is 0 Å². The third-order valence-electron chi connectivity index (χ3n) is 4.85. The van der Waals surface area contributed by atoms with Gasteiger partial charge in [-0.15, -0.1) is 0 Å². The zero-order valence-electron chi connectivity index (χ0n) is 14.9. The molecule has 0 aliphatic carbocycles. The highest BCUT2D eigenvalue weighted by molar-refractivity contribution is 5.60. The van der Waals surface area contributed by atoms with Crippen molar-refractivity contribution >= 4 is 5.82 Å². The van der Waals surface area contributed by atoms with Gasteiger partial charge in [0.25, 0.3) is 0 Å². The minimum atomic E-state index is -0.247. The molecular weight excluding hydrogens is 314 g/mol. The number of rotatable bonds is 2. The molecule has 0 bridgehead atoms. The van der Waals surface area contributed by atoms with Gasteiger partial charge in [-0.1, -0.05) is 30.3 Å². The molecule has 2 aromatic rings. The fourth-order valence-corrected chi connectivity index (χ4v) is 3.96. The van der Waals surface area contributed by atoms with Crippen molar-refractivity contribution in [1.82, 2.24) is 9.97 Å². The van der Waals surface area contributed by atoms with Crippen molar-refractivity contribution in [1.29, 1.82) is 0 Å². The topological polar surface area (TPSA) is 47.5 Å². The van der Waals surface area contributed by atoms with E-state index in [1.807, 2.05) is 30.6 Å². The number of morpholine rings is 1. The van der Waals surface area contributed by atoms with Gasteiger partial charge in [-0.2, -0.15) is 0 Å². The van der Waals surface area contributed by atoms with Gasteiger partial charge in [-0.05, 0) is 26.7 Å². The minimum Gasteiger partial charge on any atom is -0.378 e. The van der Waals surface area contributed by atoms with E-state index in [1.54, 1.807) is 0 Å². The second-order valence-corrected chi connectivity index (χ2v) is 7.69. The molecule has 2 aliphatic heterocycles. The maximum Gasteiger partial charge on any atom is 0.148 e.